The van der Waals surface area contributed by atoms with Gasteiger partial charge in [0.05, 0.1) is 61.6 Å². The predicted molar refractivity (Wildman–Crippen MR) is 220 cm³/mol. The number of hydrazone groups is 1. The van der Waals surface area contributed by atoms with Crippen LogP contribution in [0, 0.1) is 5.92 Å². The van der Waals surface area contributed by atoms with Crippen molar-refractivity contribution in [1.82, 2.24) is 4.98 Å². The van der Waals surface area contributed by atoms with Crippen LogP contribution in [0.4, 0.5) is 5.13 Å². The summed E-state index contributed by atoms with van der Waals surface area (Å²) in [7, 11) is 1.65. The van der Waals surface area contributed by atoms with E-state index in [-0.39, 0.29) is 0 Å². The molecule has 1 aromatic heterocycles. The molecule has 5 rings (SSSR count). The van der Waals surface area contributed by atoms with Crippen molar-refractivity contribution in [3.8, 4) is 11.5 Å². The Bertz CT molecular complexity index is 1780. The number of nitrogens with zero attached hydrogens (tertiary/aromatic N) is 3. The summed E-state index contributed by atoms with van der Waals surface area (Å²) in [6.45, 7) is 8.54. The summed E-state index contributed by atoms with van der Waals surface area (Å²) in [4.78, 5) is 29.5. The monoisotopic (exact) mass is 769 g/mol. The van der Waals surface area contributed by atoms with Gasteiger partial charge < -0.3 is 23.7 Å². The lowest BCUT2D eigenvalue weighted by atomic mass is 9.77. The summed E-state index contributed by atoms with van der Waals surface area (Å²) in [5.41, 5.74) is 3.30. The second kappa shape index (κ2) is 22.7. The fraction of sp³-hybridized carbons (Fsp3) is 0.455. The second-order valence-corrected chi connectivity index (χ2v) is 14.8. The van der Waals surface area contributed by atoms with E-state index in [0.717, 1.165) is 65.4 Å². The molecule has 1 aliphatic rings. The van der Waals surface area contributed by atoms with E-state index >= 15 is 0 Å². The molecular weight excluding hydrogens is 715 g/mol. The molecule has 0 aliphatic heterocycles. The van der Waals surface area contributed by atoms with Crippen molar-refractivity contribution >= 4 is 44.8 Å². The third kappa shape index (κ3) is 13.3. The van der Waals surface area contributed by atoms with Crippen molar-refractivity contribution in [2.24, 2.45) is 11.0 Å². The van der Waals surface area contributed by atoms with Gasteiger partial charge in [-0.2, -0.15) is 5.10 Å². The van der Waals surface area contributed by atoms with E-state index in [0.29, 0.717) is 62.6 Å². The van der Waals surface area contributed by atoms with Crippen molar-refractivity contribution in [2.75, 3.05) is 51.7 Å². The van der Waals surface area contributed by atoms with E-state index in [2.05, 4.69) is 31.7 Å². The number of hydrogen-bond donors (Lipinski definition) is 0. The molecule has 0 atom stereocenters. The van der Waals surface area contributed by atoms with Gasteiger partial charge in [-0.15, -0.1) is 0 Å². The minimum atomic E-state index is -0.458. The minimum absolute atomic E-state index is 0.391. The van der Waals surface area contributed by atoms with Gasteiger partial charge in [0.15, 0.2) is 0 Å². The molecule has 55 heavy (non-hydrogen) atoms. The van der Waals surface area contributed by atoms with E-state index in [4.69, 9.17) is 33.8 Å². The number of aromatic nitrogens is 1. The number of benzene rings is 3. The van der Waals surface area contributed by atoms with Crippen LogP contribution < -0.4 is 14.5 Å². The molecule has 10 nitrogen and oxygen atoms in total. The van der Waals surface area contributed by atoms with Crippen LogP contribution in [0.15, 0.2) is 84.5 Å². The van der Waals surface area contributed by atoms with Crippen molar-refractivity contribution in [3.63, 3.8) is 0 Å². The number of para-hydroxylation sites is 1. The summed E-state index contributed by atoms with van der Waals surface area (Å²) in [6, 6.07) is 21.2. The smallest absolute Gasteiger partial charge is 0.343 e. The maximum atomic E-state index is 13.5. The number of unbranched alkanes of at least 4 members (excludes halogenated alkanes) is 3. The lowest BCUT2D eigenvalue weighted by Gasteiger charge is -2.29. The number of rotatable bonds is 23. The highest BCUT2D eigenvalue weighted by molar-refractivity contribution is 7.22. The van der Waals surface area contributed by atoms with E-state index < -0.39 is 11.9 Å². The lowest BCUT2D eigenvalue weighted by Crippen LogP contribution is -2.23. The highest BCUT2D eigenvalue weighted by Crippen LogP contribution is 2.39. The molecule has 1 fully saturated rings. The first-order chi connectivity index (χ1) is 27.0. The van der Waals surface area contributed by atoms with Crippen LogP contribution in [-0.2, 0) is 19.0 Å². The first kappa shape index (κ1) is 41.6. The molecule has 0 unspecified atom stereocenters. The normalized spacial score (nSPS) is 15.6. The zero-order valence-electron chi connectivity index (χ0n) is 32.3. The molecule has 0 spiro atoms. The van der Waals surface area contributed by atoms with Crippen LogP contribution in [-0.4, -0.2) is 69.8 Å². The number of thiazole rings is 1. The lowest BCUT2D eigenvalue weighted by molar-refractivity contribution is -0.137. The molecule has 294 valence electrons. The Kier molecular flexibility index (Phi) is 17.2. The van der Waals surface area contributed by atoms with Crippen LogP contribution >= 0.6 is 11.3 Å². The molecule has 0 radical (unpaired) electrons. The minimum Gasteiger partial charge on any atom is -0.494 e. The summed E-state index contributed by atoms with van der Waals surface area (Å²) >= 11 is 1.57. The standard InChI is InChI=1S/C44H55N3O7S/c1-4-12-33-15-17-34(18-16-33)36-21-24-40(54-43(49)35-19-22-38(23-20-35)52-26-10-6-7-11-27-53-42(48)5-2)37(31-36)32-45-47(25-28-51-30-29-50-3)44-46-39-13-8-9-14-41(39)55-44/h5,8-9,13-14,19-24,31-34H,2,4,6-7,10-12,15-18,25-30H2,1,3H3/b45-32+. The number of carbonyl (C=O) groups excluding carboxylic acids is 2. The number of hydrogen-bond acceptors (Lipinski definition) is 11. The quantitative estimate of drug-likeness (QED) is 0.0182. The third-order valence-electron chi connectivity index (χ3n) is 9.78. The fourth-order valence-corrected chi connectivity index (χ4v) is 7.68. The summed E-state index contributed by atoms with van der Waals surface area (Å²) in [5, 5.41) is 7.54. The van der Waals surface area contributed by atoms with Crippen molar-refractivity contribution in [3.05, 3.63) is 96.1 Å². The van der Waals surface area contributed by atoms with Crippen LogP contribution in [0.25, 0.3) is 10.2 Å². The molecule has 4 aromatic rings. The molecule has 1 aliphatic carbocycles. The molecule has 11 heteroatoms. The Labute approximate surface area is 329 Å². The Morgan fingerprint density at radius 2 is 1.71 bits per heavy atom. The van der Waals surface area contributed by atoms with Gasteiger partial charge >= 0.3 is 11.9 Å². The molecule has 0 bridgehead atoms. The van der Waals surface area contributed by atoms with Crippen LogP contribution in [0.2, 0.25) is 0 Å². The molecule has 3 aromatic carbocycles. The van der Waals surface area contributed by atoms with Crippen LogP contribution in [0.5, 0.6) is 11.5 Å². The van der Waals surface area contributed by atoms with Gasteiger partial charge in [-0.05, 0) is 117 Å². The van der Waals surface area contributed by atoms with Crippen LogP contribution in [0.3, 0.4) is 0 Å². The van der Waals surface area contributed by atoms with Crippen molar-refractivity contribution in [1.29, 1.82) is 0 Å². The SMILES string of the molecule is C=CC(=O)OCCCCCCOc1ccc(C(=O)Oc2ccc(C3CCC(CCC)CC3)cc2/C=N/N(CCOCCOC)c2nc3ccccc3s2)cc1. The van der Waals surface area contributed by atoms with E-state index in [9.17, 15) is 9.59 Å². The van der Waals surface area contributed by atoms with Gasteiger partial charge in [0.1, 0.15) is 11.5 Å². The fourth-order valence-electron chi connectivity index (χ4n) is 6.73. The zero-order valence-corrected chi connectivity index (χ0v) is 33.1. The van der Waals surface area contributed by atoms with Gasteiger partial charge in [-0.25, -0.2) is 19.6 Å². The van der Waals surface area contributed by atoms with Gasteiger partial charge in [0.2, 0.25) is 5.13 Å². The van der Waals surface area contributed by atoms with Crippen molar-refractivity contribution < 1.29 is 33.3 Å². The highest BCUT2D eigenvalue weighted by atomic mass is 32.1. The van der Waals surface area contributed by atoms with Crippen molar-refractivity contribution in [2.45, 2.75) is 77.0 Å². The van der Waals surface area contributed by atoms with Gasteiger partial charge in [-0.1, -0.05) is 55.9 Å². The zero-order chi connectivity index (χ0) is 38.7. The number of esters is 2. The summed E-state index contributed by atoms with van der Waals surface area (Å²) in [5.74, 6) is 1.53. The Balaban J connectivity index is 1.27. The topological polar surface area (TPSA) is 109 Å². The number of fused-ring (bicyclic) bond motifs is 1. The summed E-state index contributed by atoms with van der Waals surface area (Å²) in [6.07, 6.45) is 13.8. The predicted octanol–water partition coefficient (Wildman–Crippen LogP) is 9.76. The largest absolute Gasteiger partial charge is 0.494 e. The molecule has 1 heterocycles. The van der Waals surface area contributed by atoms with Gasteiger partial charge in [-0.3, -0.25) is 0 Å². The van der Waals surface area contributed by atoms with Crippen LogP contribution in [0.1, 0.15) is 98.5 Å². The molecule has 0 saturated heterocycles. The van der Waals surface area contributed by atoms with Gasteiger partial charge in [0, 0.05) is 18.7 Å². The van der Waals surface area contributed by atoms with E-state index in [1.54, 1.807) is 48.9 Å². The number of anilines is 1. The molecule has 0 amide bonds. The number of ether oxygens (including phenoxy) is 5. The molecule has 1 saturated carbocycles. The summed E-state index contributed by atoms with van der Waals surface area (Å²) < 4.78 is 29.0. The molecular formula is C44H55N3O7S. The maximum absolute atomic E-state index is 13.5. The highest BCUT2D eigenvalue weighted by Gasteiger charge is 2.23. The number of methoxy groups -OCH3 is 1. The average Bonchev–Trinajstić information content (AvgIpc) is 3.65. The Morgan fingerprint density at radius 1 is 0.927 bits per heavy atom. The first-order valence-corrected chi connectivity index (χ1v) is 20.4. The number of carbonyl (C=O) groups is 2. The Hall–Kier alpha value is -4.58. The Morgan fingerprint density at radius 3 is 2.45 bits per heavy atom. The van der Waals surface area contributed by atoms with E-state index in [1.807, 2.05) is 29.3 Å². The maximum Gasteiger partial charge on any atom is 0.343 e. The average molecular weight is 770 g/mol. The van der Waals surface area contributed by atoms with E-state index in [1.165, 1.54) is 37.3 Å². The third-order valence-corrected chi connectivity index (χ3v) is 10.8. The van der Waals surface area contributed by atoms with Gasteiger partial charge in [0.25, 0.3) is 0 Å². The second-order valence-electron chi connectivity index (χ2n) is 13.8. The first-order valence-electron chi connectivity index (χ1n) is 19.6. The molecule has 0 N–H and O–H groups in total.